The Labute approximate surface area is 107 Å². The Bertz CT molecular complexity index is 466. The first-order valence-electron chi connectivity index (χ1n) is 5.81. The molecule has 4 nitrogen and oxygen atoms in total. The Balaban J connectivity index is 2.84. The van der Waals surface area contributed by atoms with E-state index in [4.69, 9.17) is 5.11 Å². The molecule has 4 heteroatoms. The predicted molar refractivity (Wildman–Crippen MR) is 69.4 cm³/mol. The van der Waals surface area contributed by atoms with Crippen LogP contribution in [0, 0.1) is 6.92 Å². The SMILES string of the molecule is Cc1ccccc1CC(=O)N(C)C(C)(C)C(=O)O. The number of amides is 1. The highest BCUT2D eigenvalue weighted by atomic mass is 16.4. The summed E-state index contributed by atoms with van der Waals surface area (Å²) in [7, 11) is 1.52. The van der Waals surface area contributed by atoms with Crippen LogP contribution in [0.15, 0.2) is 24.3 Å². The fraction of sp³-hybridized carbons (Fsp3) is 0.429. The molecule has 0 aliphatic carbocycles. The van der Waals surface area contributed by atoms with E-state index in [-0.39, 0.29) is 12.3 Å². The van der Waals surface area contributed by atoms with Gasteiger partial charge in [0.2, 0.25) is 5.91 Å². The van der Waals surface area contributed by atoms with Crippen LogP contribution in [0.1, 0.15) is 25.0 Å². The fourth-order valence-electron chi connectivity index (χ4n) is 1.55. The Kier molecular flexibility index (Phi) is 4.11. The van der Waals surface area contributed by atoms with Gasteiger partial charge in [-0.2, -0.15) is 0 Å². The summed E-state index contributed by atoms with van der Waals surface area (Å²) in [5, 5.41) is 9.09. The molecule has 0 bridgehead atoms. The highest BCUT2D eigenvalue weighted by molar-refractivity contribution is 5.87. The first kappa shape index (κ1) is 14.2. The number of likely N-dealkylation sites (N-methyl/N-ethyl adjacent to an activating group) is 1. The molecule has 0 aliphatic rings. The van der Waals surface area contributed by atoms with Gasteiger partial charge in [0.05, 0.1) is 6.42 Å². The number of nitrogens with zero attached hydrogens (tertiary/aromatic N) is 1. The zero-order valence-corrected chi connectivity index (χ0v) is 11.2. The van der Waals surface area contributed by atoms with E-state index in [1.807, 2.05) is 31.2 Å². The van der Waals surface area contributed by atoms with Crippen molar-refractivity contribution in [2.45, 2.75) is 32.7 Å². The average Bonchev–Trinajstić information content (AvgIpc) is 2.30. The minimum atomic E-state index is -1.19. The van der Waals surface area contributed by atoms with Crippen LogP contribution >= 0.6 is 0 Å². The van der Waals surface area contributed by atoms with Crippen molar-refractivity contribution in [1.82, 2.24) is 4.90 Å². The van der Waals surface area contributed by atoms with E-state index in [0.717, 1.165) is 11.1 Å². The molecule has 0 saturated heterocycles. The molecule has 0 radical (unpaired) electrons. The quantitative estimate of drug-likeness (QED) is 0.886. The maximum Gasteiger partial charge on any atom is 0.329 e. The van der Waals surface area contributed by atoms with E-state index in [0.29, 0.717) is 0 Å². The monoisotopic (exact) mass is 249 g/mol. The van der Waals surface area contributed by atoms with E-state index < -0.39 is 11.5 Å². The van der Waals surface area contributed by atoms with Gasteiger partial charge in [-0.15, -0.1) is 0 Å². The van der Waals surface area contributed by atoms with Gasteiger partial charge in [0.25, 0.3) is 0 Å². The topological polar surface area (TPSA) is 57.6 Å². The fourth-order valence-corrected chi connectivity index (χ4v) is 1.55. The second kappa shape index (κ2) is 5.21. The lowest BCUT2D eigenvalue weighted by molar-refractivity contribution is -0.155. The van der Waals surface area contributed by atoms with Crippen LogP contribution in [0.2, 0.25) is 0 Å². The summed E-state index contributed by atoms with van der Waals surface area (Å²) >= 11 is 0. The van der Waals surface area contributed by atoms with E-state index >= 15 is 0 Å². The lowest BCUT2D eigenvalue weighted by Crippen LogP contribution is -2.51. The van der Waals surface area contributed by atoms with Crippen molar-refractivity contribution in [2.75, 3.05) is 7.05 Å². The third-order valence-electron chi connectivity index (χ3n) is 3.34. The van der Waals surface area contributed by atoms with Gasteiger partial charge in [-0.1, -0.05) is 24.3 Å². The van der Waals surface area contributed by atoms with Gasteiger partial charge in [-0.25, -0.2) is 4.79 Å². The molecule has 0 saturated carbocycles. The van der Waals surface area contributed by atoms with Crippen LogP contribution in [0.25, 0.3) is 0 Å². The summed E-state index contributed by atoms with van der Waals surface area (Å²) in [5.74, 6) is -1.21. The molecule has 1 aromatic carbocycles. The third-order valence-corrected chi connectivity index (χ3v) is 3.34. The largest absolute Gasteiger partial charge is 0.480 e. The van der Waals surface area contributed by atoms with Crippen LogP contribution in [-0.4, -0.2) is 34.5 Å². The summed E-state index contributed by atoms with van der Waals surface area (Å²) in [6.07, 6.45) is 0.222. The number of hydrogen-bond donors (Lipinski definition) is 1. The minimum absolute atomic E-state index is 0.197. The number of rotatable bonds is 4. The first-order valence-corrected chi connectivity index (χ1v) is 5.81. The molecule has 1 rings (SSSR count). The minimum Gasteiger partial charge on any atom is -0.480 e. The van der Waals surface area contributed by atoms with Crippen LogP contribution < -0.4 is 0 Å². The molecule has 0 heterocycles. The number of hydrogen-bond acceptors (Lipinski definition) is 2. The maximum absolute atomic E-state index is 12.1. The molecular weight excluding hydrogens is 230 g/mol. The number of carboxylic acid groups (broad SMARTS) is 1. The molecule has 0 aromatic heterocycles. The molecule has 1 aromatic rings. The van der Waals surface area contributed by atoms with Crippen molar-refractivity contribution in [3.8, 4) is 0 Å². The third kappa shape index (κ3) is 2.88. The summed E-state index contributed by atoms with van der Waals surface area (Å²) in [4.78, 5) is 24.5. The Morgan fingerprint density at radius 3 is 2.33 bits per heavy atom. The smallest absolute Gasteiger partial charge is 0.329 e. The number of carbonyl (C=O) groups is 2. The van der Waals surface area contributed by atoms with Crippen LogP contribution in [0.4, 0.5) is 0 Å². The summed E-state index contributed by atoms with van der Waals surface area (Å²) in [6.45, 7) is 4.97. The summed E-state index contributed by atoms with van der Waals surface area (Å²) < 4.78 is 0. The van der Waals surface area contributed by atoms with Crippen molar-refractivity contribution >= 4 is 11.9 Å². The van der Waals surface area contributed by atoms with Gasteiger partial charge < -0.3 is 10.0 Å². The predicted octanol–water partition coefficient (Wildman–Crippen LogP) is 1.86. The van der Waals surface area contributed by atoms with Gasteiger partial charge in [-0.05, 0) is 31.9 Å². The second-order valence-electron chi connectivity index (χ2n) is 4.92. The zero-order chi connectivity index (χ0) is 13.9. The Hall–Kier alpha value is -1.84. The van der Waals surface area contributed by atoms with Gasteiger partial charge in [0.1, 0.15) is 5.54 Å². The molecule has 0 spiro atoms. The molecular formula is C14H19NO3. The standard InChI is InChI=1S/C14H19NO3/c1-10-7-5-6-8-11(10)9-12(16)15(4)14(2,3)13(17)18/h5-8H,9H2,1-4H3,(H,17,18). The van der Waals surface area contributed by atoms with Crippen molar-refractivity contribution < 1.29 is 14.7 Å². The molecule has 1 N–H and O–H groups in total. The molecule has 1 amide bonds. The van der Waals surface area contributed by atoms with Crippen molar-refractivity contribution in [3.63, 3.8) is 0 Å². The lowest BCUT2D eigenvalue weighted by Gasteiger charge is -2.31. The molecule has 18 heavy (non-hydrogen) atoms. The number of aryl methyl sites for hydroxylation is 1. The summed E-state index contributed by atoms with van der Waals surface area (Å²) in [6, 6.07) is 7.60. The molecule has 0 atom stereocenters. The second-order valence-corrected chi connectivity index (χ2v) is 4.92. The maximum atomic E-state index is 12.1. The molecule has 0 fully saturated rings. The van der Waals surface area contributed by atoms with Gasteiger partial charge >= 0.3 is 5.97 Å². The number of benzene rings is 1. The van der Waals surface area contributed by atoms with Crippen molar-refractivity contribution in [2.24, 2.45) is 0 Å². The van der Waals surface area contributed by atoms with Crippen LogP contribution in [0.5, 0.6) is 0 Å². The van der Waals surface area contributed by atoms with Gasteiger partial charge in [0, 0.05) is 7.05 Å². The van der Waals surface area contributed by atoms with Crippen LogP contribution in [0.3, 0.4) is 0 Å². The Morgan fingerprint density at radius 1 is 1.28 bits per heavy atom. The lowest BCUT2D eigenvalue weighted by atomic mass is 10.0. The van der Waals surface area contributed by atoms with Crippen LogP contribution in [-0.2, 0) is 16.0 Å². The number of aliphatic carboxylic acids is 1. The highest BCUT2D eigenvalue weighted by Crippen LogP contribution is 2.16. The average molecular weight is 249 g/mol. The van der Waals surface area contributed by atoms with E-state index in [1.54, 1.807) is 0 Å². The van der Waals surface area contributed by atoms with Gasteiger partial charge in [0.15, 0.2) is 0 Å². The number of carboxylic acids is 1. The van der Waals surface area contributed by atoms with E-state index in [9.17, 15) is 9.59 Å². The number of carbonyl (C=O) groups excluding carboxylic acids is 1. The van der Waals surface area contributed by atoms with Crippen molar-refractivity contribution in [3.05, 3.63) is 35.4 Å². The Morgan fingerprint density at radius 2 is 1.83 bits per heavy atom. The summed E-state index contributed by atoms with van der Waals surface area (Å²) in [5.41, 5.74) is 0.766. The van der Waals surface area contributed by atoms with Gasteiger partial charge in [-0.3, -0.25) is 4.79 Å². The zero-order valence-electron chi connectivity index (χ0n) is 11.2. The molecule has 0 unspecified atom stereocenters. The molecule has 98 valence electrons. The van der Waals surface area contributed by atoms with E-state index in [1.165, 1.54) is 25.8 Å². The van der Waals surface area contributed by atoms with E-state index in [2.05, 4.69) is 0 Å². The van der Waals surface area contributed by atoms with Crippen molar-refractivity contribution in [1.29, 1.82) is 0 Å². The first-order chi connectivity index (χ1) is 8.26. The highest BCUT2D eigenvalue weighted by Gasteiger charge is 2.34. The normalized spacial score (nSPS) is 11.1. The molecule has 0 aliphatic heterocycles.